The molecule has 3 heterocycles. The molecule has 0 spiro atoms. The van der Waals surface area contributed by atoms with E-state index in [1.807, 2.05) is 12.1 Å². The molecule has 0 saturated carbocycles. The highest BCUT2D eigenvalue weighted by molar-refractivity contribution is 5.81. The highest BCUT2D eigenvalue weighted by Crippen LogP contribution is 2.30. The molecule has 32 heavy (non-hydrogen) atoms. The van der Waals surface area contributed by atoms with Crippen molar-refractivity contribution in [3.05, 3.63) is 41.3 Å². The van der Waals surface area contributed by atoms with Crippen molar-refractivity contribution in [1.82, 2.24) is 24.6 Å². The van der Waals surface area contributed by atoms with Gasteiger partial charge < -0.3 is 14.0 Å². The lowest BCUT2D eigenvalue weighted by Crippen LogP contribution is -2.34. The SMILES string of the molecule is CCCCCc1nc2cc(/C=C/c3noc(C(F)(F)F)n3)ccc2n1C1CCCN(C)C1. The van der Waals surface area contributed by atoms with E-state index in [1.54, 1.807) is 6.08 Å². The Morgan fingerprint density at radius 1 is 1.19 bits per heavy atom. The quantitative estimate of drug-likeness (QED) is 0.441. The molecule has 0 amide bonds. The maximum absolute atomic E-state index is 12.6. The fraction of sp³-hybridized carbons (Fsp3) is 0.522. The summed E-state index contributed by atoms with van der Waals surface area (Å²) in [6.07, 6.45) is 5.12. The summed E-state index contributed by atoms with van der Waals surface area (Å²) in [6, 6.07) is 6.36. The second-order valence-electron chi connectivity index (χ2n) is 8.45. The average Bonchev–Trinajstić information content (AvgIpc) is 3.36. The van der Waals surface area contributed by atoms with E-state index in [0.29, 0.717) is 6.04 Å². The van der Waals surface area contributed by atoms with Crippen LogP contribution in [0.3, 0.4) is 0 Å². The Hall–Kier alpha value is -2.68. The molecule has 1 aliphatic rings. The number of halogens is 3. The molecule has 0 aliphatic carbocycles. The topological polar surface area (TPSA) is 60.0 Å². The van der Waals surface area contributed by atoms with E-state index >= 15 is 0 Å². The summed E-state index contributed by atoms with van der Waals surface area (Å²) in [7, 11) is 2.16. The summed E-state index contributed by atoms with van der Waals surface area (Å²) in [5.41, 5.74) is 2.82. The second kappa shape index (κ2) is 9.44. The van der Waals surface area contributed by atoms with Gasteiger partial charge in [-0.25, -0.2) is 4.98 Å². The molecule has 1 aliphatic heterocycles. The zero-order valence-corrected chi connectivity index (χ0v) is 18.4. The Morgan fingerprint density at radius 2 is 2.03 bits per heavy atom. The summed E-state index contributed by atoms with van der Waals surface area (Å²) in [5.74, 6) is -0.350. The van der Waals surface area contributed by atoms with Crippen LogP contribution in [0.2, 0.25) is 0 Å². The lowest BCUT2D eigenvalue weighted by Gasteiger charge is -2.32. The number of likely N-dealkylation sites (tertiary alicyclic amines) is 1. The van der Waals surface area contributed by atoms with Crippen molar-refractivity contribution < 1.29 is 17.7 Å². The molecule has 172 valence electrons. The molecule has 1 aromatic carbocycles. The number of piperidine rings is 1. The number of fused-ring (bicyclic) bond motifs is 1. The van der Waals surface area contributed by atoms with Crippen LogP contribution in [-0.4, -0.2) is 44.7 Å². The largest absolute Gasteiger partial charge is 0.471 e. The van der Waals surface area contributed by atoms with Crippen LogP contribution < -0.4 is 0 Å². The molecule has 0 radical (unpaired) electrons. The van der Waals surface area contributed by atoms with Crippen LogP contribution in [0.15, 0.2) is 22.7 Å². The van der Waals surface area contributed by atoms with Gasteiger partial charge >= 0.3 is 12.1 Å². The van der Waals surface area contributed by atoms with E-state index in [-0.39, 0.29) is 5.82 Å². The smallest absolute Gasteiger partial charge is 0.329 e. The third-order valence-corrected chi connectivity index (χ3v) is 5.86. The Labute approximate surface area is 185 Å². The molecule has 1 fully saturated rings. The van der Waals surface area contributed by atoms with E-state index in [1.165, 1.54) is 18.9 Å². The van der Waals surface area contributed by atoms with Gasteiger partial charge in [-0.1, -0.05) is 37.1 Å². The monoisotopic (exact) mass is 447 g/mol. The third-order valence-electron chi connectivity index (χ3n) is 5.86. The predicted octanol–water partition coefficient (Wildman–Crippen LogP) is 5.61. The van der Waals surface area contributed by atoms with Gasteiger partial charge in [0.1, 0.15) is 5.82 Å². The van der Waals surface area contributed by atoms with Crippen molar-refractivity contribution in [3.63, 3.8) is 0 Å². The standard InChI is InChI=1S/C23H28F3N5O/c1-3-4-5-8-21-27-18-14-16(10-12-20-28-22(32-29-20)23(24,25)26)9-11-19(18)31(21)17-7-6-13-30(2)15-17/h9-12,14,17H,3-8,13,15H2,1-2H3/b12-10+. The van der Waals surface area contributed by atoms with Crippen molar-refractivity contribution >= 4 is 23.2 Å². The zero-order valence-electron chi connectivity index (χ0n) is 18.4. The minimum absolute atomic E-state index is 0.117. The Morgan fingerprint density at radius 3 is 2.75 bits per heavy atom. The number of aryl methyl sites for hydroxylation is 1. The third kappa shape index (κ3) is 5.03. The van der Waals surface area contributed by atoms with Crippen molar-refractivity contribution in [1.29, 1.82) is 0 Å². The number of hydrogen-bond donors (Lipinski definition) is 0. The van der Waals surface area contributed by atoms with Crippen LogP contribution in [0.25, 0.3) is 23.2 Å². The Bertz CT molecular complexity index is 1090. The van der Waals surface area contributed by atoms with Gasteiger partial charge in [-0.2, -0.15) is 18.2 Å². The average molecular weight is 448 g/mol. The number of nitrogens with zero attached hydrogens (tertiary/aromatic N) is 5. The number of rotatable bonds is 7. The number of benzene rings is 1. The van der Waals surface area contributed by atoms with Crippen LogP contribution in [0.1, 0.15) is 68.2 Å². The number of likely N-dealkylation sites (N-methyl/N-ethyl adjacent to an activating group) is 1. The first kappa shape index (κ1) is 22.5. The number of hydrogen-bond acceptors (Lipinski definition) is 5. The molecule has 9 heteroatoms. The molecule has 2 aromatic heterocycles. The molecule has 0 bridgehead atoms. The highest BCUT2D eigenvalue weighted by Gasteiger charge is 2.38. The summed E-state index contributed by atoms with van der Waals surface area (Å²) in [6.45, 7) is 4.32. The summed E-state index contributed by atoms with van der Waals surface area (Å²) in [4.78, 5) is 10.7. The number of imidazole rings is 1. The molecule has 0 N–H and O–H groups in total. The van der Waals surface area contributed by atoms with Gasteiger partial charge in [0.2, 0.25) is 0 Å². The normalized spacial score (nSPS) is 18.2. The van der Waals surface area contributed by atoms with Crippen LogP contribution >= 0.6 is 0 Å². The molecular formula is C23H28F3N5O. The number of unbranched alkanes of at least 4 members (excludes halogenated alkanes) is 2. The van der Waals surface area contributed by atoms with Gasteiger partial charge in [0.05, 0.1) is 11.0 Å². The van der Waals surface area contributed by atoms with Gasteiger partial charge in [0.25, 0.3) is 0 Å². The fourth-order valence-electron chi connectivity index (χ4n) is 4.32. The van der Waals surface area contributed by atoms with Crippen molar-refractivity contribution in [2.75, 3.05) is 20.1 Å². The summed E-state index contributed by atoms with van der Waals surface area (Å²) < 4.78 is 44.6. The maximum atomic E-state index is 12.6. The van der Waals surface area contributed by atoms with Gasteiger partial charge in [-0.3, -0.25) is 0 Å². The van der Waals surface area contributed by atoms with E-state index < -0.39 is 12.1 Å². The van der Waals surface area contributed by atoms with Crippen LogP contribution in [0, 0.1) is 0 Å². The van der Waals surface area contributed by atoms with E-state index in [2.05, 4.69) is 44.2 Å². The summed E-state index contributed by atoms with van der Waals surface area (Å²) >= 11 is 0. The van der Waals surface area contributed by atoms with E-state index in [0.717, 1.165) is 61.2 Å². The fourth-order valence-corrected chi connectivity index (χ4v) is 4.32. The predicted molar refractivity (Wildman–Crippen MR) is 117 cm³/mol. The first-order valence-corrected chi connectivity index (χ1v) is 11.1. The first-order valence-electron chi connectivity index (χ1n) is 11.1. The molecule has 4 rings (SSSR count). The molecule has 6 nitrogen and oxygen atoms in total. The van der Waals surface area contributed by atoms with Crippen molar-refractivity contribution in [3.8, 4) is 0 Å². The van der Waals surface area contributed by atoms with E-state index in [4.69, 9.17) is 4.98 Å². The minimum Gasteiger partial charge on any atom is -0.329 e. The molecule has 3 aromatic rings. The highest BCUT2D eigenvalue weighted by atomic mass is 19.4. The second-order valence-corrected chi connectivity index (χ2v) is 8.45. The Balaban J connectivity index is 1.62. The molecule has 1 unspecified atom stereocenters. The minimum atomic E-state index is -4.65. The lowest BCUT2D eigenvalue weighted by molar-refractivity contribution is -0.159. The maximum Gasteiger partial charge on any atom is 0.471 e. The van der Waals surface area contributed by atoms with Gasteiger partial charge in [0.15, 0.2) is 5.82 Å². The summed E-state index contributed by atoms with van der Waals surface area (Å²) in [5, 5.41) is 3.37. The van der Waals surface area contributed by atoms with Gasteiger partial charge in [-0.05, 0) is 56.6 Å². The van der Waals surface area contributed by atoms with Gasteiger partial charge in [-0.15, -0.1) is 0 Å². The zero-order chi connectivity index (χ0) is 22.7. The molecule has 1 atom stereocenters. The van der Waals surface area contributed by atoms with E-state index in [9.17, 15) is 13.2 Å². The van der Waals surface area contributed by atoms with Gasteiger partial charge in [0, 0.05) is 19.0 Å². The van der Waals surface area contributed by atoms with Crippen LogP contribution in [-0.2, 0) is 12.6 Å². The molecular weight excluding hydrogens is 419 g/mol. The van der Waals surface area contributed by atoms with Crippen molar-refractivity contribution in [2.24, 2.45) is 0 Å². The van der Waals surface area contributed by atoms with Crippen LogP contribution in [0.4, 0.5) is 13.2 Å². The lowest BCUT2D eigenvalue weighted by atomic mass is 10.0. The molecule has 1 saturated heterocycles. The van der Waals surface area contributed by atoms with Crippen molar-refractivity contribution in [2.45, 2.75) is 57.7 Å². The number of aromatic nitrogens is 4. The first-order chi connectivity index (χ1) is 15.3. The number of alkyl halides is 3. The Kier molecular flexibility index (Phi) is 6.64. The van der Waals surface area contributed by atoms with Crippen LogP contribution in [0.5, 0.6) is 0 Å².